The van der Waals surface area contributed by atoms with Crippen LogP contribution in [-0.2, 0) is 6.54 Å². The lowest BCUT2D eigenvalue weighted by molar-refractivity contribution is 0.0685. The molecule has 3 nitrogen and oxygen atoms in total. The smallest absolute Gasteiger partial charge is 0.336 e. The molecule has 1 N–H and O–H groups in total. The molecule has 1 aliphatic rings. The maximum absolute atomic E-state index is 11.2. The molecular weight excluding hydrogens is 226 g/mol. The number of piperidine rings is 1. The first kappa shape index (κ1) is 13.1. The van der Waals surface area contributed by atoms with E-state index in [9.17, 15) is 9.90 Å². The number of aromatic carboxylic acids is 1. The lowest BCUT2D eigenvalue weighted by Crippen LogP contribution is -2.43. The first-order valence-electron chi connectivity index (χ1n) is 6.66. The Bertz CT molecular complexity index is 420. The Morgan fingerprint density at radius 2 is 1.89 bits per heavy atom. The lowest BCUT2D eigenvalue weighted by atomic mass is 9.96. The van der Waals surface area contributed by atoms with E-state index >= 15 is 0 Å². The van der Waals surface area contributed by atoms with Crippen LogP contribution in [0.2, 0.25) is 0 Å². The third kappa shape index (κ3) is 2.72. The predicted molar refractivity (Wildman–Crippen MR) is 71.7 cm³/mol. The van der Waals surface area contributed by atoms with E-state index in [2.05, 4.69) is 18.7 Å². The van der Waals surface area contributed by atoms with Gasteiger partial charge in [-0.15, -0.1) is 0 Å². The molecule has 98 valence electrons. The number of carboxylic acid groups (broad SMARTS) is 1. The van der Waals surface area contributed by atoms with Gasteiger partial charge in [0.1, 0.15) is 0 Å². The van der Waals surface area contributed by atoms with Crippen molar-refractivity contribution in [3.63, 3.8) is 0 Å². The molecule has 0 aromatic heterocycles. The summed E-state index contributed by atoms with van der Waals surface area (Å²) >= 11 is 0. The van der Waals surface area contributed by atoms with Crippen molar-refractivity contribution in [1.29, 1.82) is 0 Å². The first-order valence-corrected chi connectivity index (χ1v) is 6.66. The van der Waals surface area contributed by atoms with E-state index in [4.69, 9.17) is 0 Å². The van der Waals surface area contributed by atoms with Crippen molar-refractivity contribution in [3.05, 3.63) is 35.4 Å². The fourth-order valence-electron chi connectivity index (χ4n) is 2.85. The van der Waals surface area contributed by atoms with Crippen LogP contribution in [0.1, 0.15) is 49.0 Å². The Hall–Kier alpha value is -1.35. The van der Waals surface area contributed by atoms with Crippen molar-refractivity contribution in [2.24, 2.45) is 0 Å². The maximum Gasteiger partial charge on any atom is 0.336 e. The van der Waals surface area contributed by atoms with Gasteiger partial charge in [0.25, 0.3) is 0 Å². The summed E-state index contributed by atoms with van der Waals surface area (Å²) in [5.41, 5.74) is 1.35. The number of benzene rings is 1. The monoisotopic (exact) mass is 247 g/mol. The Balaban J connectivity index is 2.20. The molecule has 0 unspecified atom stereocenters. The molecule has 0 amide bonds. The minimum absolute atomic E-state index is 0.433. The second-order valence-electron chi connectivity index (χ2n) is 5.26. The molecule has 2 atom stereocenters. The van der Waals surface area contributed by atoms with E-state index < -0.39 is 5.97 Å². The SMILES string of the molecule is C[C@@H]1CCC[C@H](C)N1Cc1ccccc1C(=O)O. The third-order valence-electron chi connectivity index (χ3n) is 3.98. The molecule has 0 bridgehead atoms. The second kappa shape index (κ2) is 5.53. The van der Waals surface area contributed by atoms with E-state index in [1.807, 2.05) is 12.1 Å². The molecule has 0 saturated carbocycles. The molecule has 2 rings (SSSR count). The molecular formula is C15H21NO2. The van der Waals surface area contributed by atoms with Gasteiger partial charge < -0.3 is 5.11 Å². The minimum atomic E-state index is -0.831. The van der Waals surface area contributed by atoms with Gasteiger partial charge in [0.05, 0.1) is 5.56 Å². The quantitative estimate of drug-likeness (QED) is 0.892. The van der Waals surface area contributed by atoms with Crippen molar-refractivity contribution >= 4 is 5.97 Å². The zero-order valence-electron chi connectivity index (χ0n) is 11.1. The molecule has 3 heteroatoms. The van der Waals surface area contributed by atoms with Gasteiger partial charge in [-0.2, -0.15) is 0 Å². The van der Waals surface area contributed by atoms with Gasteiger partial charge in [0, 0.05) is 18.6 Å². The van der Waals surface area contributed by atoms with Crippen molar-refractivity contribution in [3.8, 4) is 0 Å². The summed E-state index contributed by atoms with van der Waals surface area (Å²) in [5.74, 6) is -0.831. The molecule has 1 aliphatic heterocycles. The Morgan fingerprint density at radius 1 is 1.28 bits per heavy atom. The zero-order valence-corrected chi connectivity index (χ0v) is 11.1. The second-order valence-corrected chi connectivity index (χ2v) is 5.26. The van der Waals surface area contributed by atoms with Crippen LogP contribution in [0.25, 0.3) is 0 Å². The molecule has 1 aromatic rings. The van der Waals surface area contributed by atoms with Crippen LogP contribution in [0, 0.1) is 0 Å². The van der Waals surface area contributed by atoms with Crippen LogP contribution in [0.5, 0.6) is 0 Å². The van der Waals surface area contributed by atoms with Crippen molar-refractivity contribution in [2.45, 2.75) is 51.7 Å². The van der Waals surface area contributed by atoms with Crippen molar-refractivity contribution < 1.29 is 9.90 Å². The van der Waals surface area contributed by atoms with E-state index in [0.717, 1.165) is 12.1 Å². The first-order chi connectivity index (χ1) is 8.59. The van der Waals surface area contributed by atoms with Crippen LogP contribution >= 0.6 is 0 Å². The standard InChI is InChI=1S/C15H21NO2/c1-11-6-5-7-12(2)16(11)10-13-8-3-4-9-14(13)15(17)18/h3-4,8-9,11-12H,5-7,10H2,1-2H3,(H,17,18)/t11-,12+. The van der Waals surface area contributed by atoms with Crippen LogP contribution in [-0.4, -0.2) is 28.1 Å². The van der Waals surface area contributed by atoms with Gasteiger partial charge in [-0.3, -0.25) is 4.90 Å². The number of hydrogen-bond donors (Lipinski definition) is 1. The average molecular weight is 247 g/mol. The zero-order chi connectivity index (χ0) is 13.1. The number of carboxylic acids is 1. The van der Waals surface area contributed by atoms with Crippen LogP contribution in [0.15, 0.2) is 24.3 Å². The van der Waals surface area contributed by atoms with Crippen LogP contribution in [0.3, 0.4) is 0 Å². The van der Waals surface area contributed by atoms with Gasteiger partial charge in [-0.25, -0.2) is 4.79 Å². The summed E-state index contributed by atoms with van der Waals surface area (Å²) in [6.07, 6.45) is 3.69. The molecule has 0 aliphatic carbocycles. The molecule has 1 heterocycles. The van der Waals surface area contributed by atoms with Gasteiger partial charge in [-0.1, -0.05) is 24.6 Å². The molecule has 0 spiro atoms. The van der Waals surface area contributed by atoms with Crippen LogP contribution in [0.4, 0.5) is 0 Å². The fourth-order valence-corrected chi connectivity index (χ4v) is 2.85. The number of carbonyl (C=O) groups is 1. The molecule has 1 aromatic carbocycles. The lowest BCUT2D eigenvalue weighted by Gasteiger charge is -2.39. The molecule has 0 radical (unpaired) electrons. The average Bonchev–Trinajstić information content (AvgIpc) is 2.34. The summed E-state index contributed by atoms with van der Waals surface area (Å²) < 4.78 is 0. The maximum atomic E-state index is 11.2. The number of rotatable bonds is 3. The van der Waals surface area contributed by atoms with Gasteiger partial charge >= 0.3 is 5.97 Å². The van der Waals surface area contributed by atoms with Crippen molar-refractivity contribution in [2.75, 3.05) is 0 Å². The normalized spacial score (nSPS) is 25.0. The van der Waals surface area contributed by atoms with Crippen molar-refractivity contribution in [1.82, 2.24) is 4.90 Å². The topological polar surface area (TPSA) is 40.5 Å². The van der Waals surface area contributed by atoms with E-state index in [-0.39, 0.29) is 0 Å². The summed E-state index contributed by atoms with van der Waals surface area (Å²) in [6.45, 7) is 5.21. The number of nitrogens with zero attached hydrogens (tertiary/aromatic N) is 1. The summed E-state index contributed by atoms with van der Waals surface area (Å²) in [5, 5.41) is 9.21. The Labute approximate surface area is 108 Å². The highest BCUT2D eigenvalue weighted by atomic mass is 16.4. The van der Waals surface area contributed by atoms with Gasteiger partial charge in [0.2, 0.25) is 0 Å². The predicted octanol–water partition coefficient (Wildman–Crippen LogP) is 3.15. The van der Waals surface area contributed by atoms with E-state index in [1.165, 1.54) is 19.3 Å². The van der Waals surface area contributed by atoms with E-state index in [1.54, 1.807) is 12.1 Å². The fraction of sp³-hybridized carbons (Fsp3) is 0.533. The third-order valence-corrected chi connectivity index (χ3v) is 3.98. The largest absolute Gasteiger partial charge is 0.478 e. The van der Waals surface area contributed by atoms with E-state index in [0.29, 0.717) is 17.6 Å². The Kier molecular flexibility index (Phi) is 4.02. The summed E-state index contributed by atoms with van der Waals surface area (Å²) in [7, 11) is 0. The highest BCUT2D eigenvalue weighted by Gasteiger charge is 2.25. The summed E-state index contributed by atoms with van der Waals surface area (Å²) in [4.78, 5) is 13.6. The number of hydrogen-bond acceptors (Lipinski definition) is 2. The molecule has 18 heavy (non-hydrogen) atoms. The highest BCUT2D eigenvalue weighted by molar-refractivity contribution is 5.89. The number of likely N-dealkylation sites (tertiary alicyclic amines) is 1. The minimum Gasteiger partial charge on any atom is -0.478 e. The highest BCUT2D eigenvalue weighted by Crippen LogP contribution is 2.25. The Morgan fingerprint density at radius 3 is 2.50 bits per heavy atom. The molecule has 1 fully saturated rings. The van der Waals surface area contributed by atoms with Gasteiger partial charge in [0.15, 0.2) is 0 Å². The van der Waals surface area contributed by atoms with Crippen LogP contribution < -0.4 is 0 Å². The molecule has 1 saturated heterocycles. The summed E-state index contributed by atoms with van der Waals surface area (Å²) in [6, 6.07) is 8.40. The van der Waals surface area contributed by atoms with Gasteiger partial charge in [-0.05, 0) is 38.3 Å².